The number of fused-ring (bicyclic) bond motifs is 1. The number of aromatic amines is 1. The Labute approximate surface area is 164 Å². The van der Waals surface area contributed by atoms with E-state index in [1.165, 1.54) is 12.8 Å². The van der Waals surface area contributed by atoms with E-state index in [1.54, 1.807) is 12.3 Å². The first-order chi connectivity index (χ1) is 13.2. The minimum Gasteiger partial charge on any atom is -0.489 e. The normalized spacial score (nSPS) is 24.2. The highest BCUT2D eigenvalue weighted by molar-refractivity contribution is 6.32. The fourth-order valence-corrected chi connectivity index (χ4v) is 4.34. The zero-order valence-electron chi connectivity index (χ0n) is 15.5. The van der Waals surface area contributed by atoms with Gasteiger partial charge in [0.05, 0.1) is 11.1 Å². The molecule has 2 N–H and O–H groups in total. The van der Waals surface area contributed by atoms with E-state index < -0.39 is 0 Å². The molecular formula is C21H27ClN2O3. The Morgan fingerprint density at radius 3 is 2.70 bits per heavy atom. The molecule has 27 heavy (non-hydrogen) atoms. The smallest absolute Gasteiger partial charge is 0.255 e. The van der Waals surface area contributed by atoms with Gasteiger partial charge in [-0.25, -0.2) is 0 Å². The van der Waals surface area contributed by atoms with E-state index in [1.807, 2.05) is 12.1 Å². The van der Waals surface area contributed by atoms with Gasteiger partial charge >= 0.3 is 0 Å². The van der Waals surface area contributed by atoms with E-state index in [9.17, 15) is 4.79 Å². The Bertz CT molecular complexity index is 824. The molecule has 0 bridgehead atoms. The van der Waals surface area contributed by atoms with Gasteiger partial charge in [-0.2, -0.15) is 0 Å². The zero-order valence-corrected chi connectivity index (χ0v) is 16.3. The first-order valence-corrected chi connectivity index (χ1v) is 10.4. The maximum Gasteiger partial charge on any atom is 0.255 e. The Morgan fingerprint density at radius 2 is 1.93 bits per heavy atom. The molecule has 146 valence electrons. The van der Waals surface area contributed by atoms with Crippen molar-refractivity contribution in [2.75, 3.05) is 19.8 Å². The molecule has 1 saturated heterocycles. The monoisotopic (exact) mass is 390 g/mol. The van der Waals surface area contributed by atoms with Crippen LogP contribution in [0.4, 0.5) is 0 Å². The highest BCUT2D eigenvalue weighted by atomic mass is 35.5. The number of aromatic nitrogens is 1. The number of rotatable bonds is 5. The summed E-state index contributed by atoms with van der Waals surface area (Å²) >= 11 is 6.36. The molecule has 1 aliphatic heterocycles. The van der Waals surface area contributed by atoms with Gasteiger partial charge in [0, 0.05) is 30.8 Å². The molecule has 0 spiro atoms. The molecule has 0 radical (unpaired) electrons. The number of benzene rings is 1. The summed E-state index contributed by atoms with van der Waals surface area (Å²) in [5.74, 6) is 1.43. The van der Waals surface area contributed by atoms with Crippen molar-refractivity contribution in [1.29, 1.82) is 0 Å². The minimum absolute atomic E-state index is 0.128. The van der Waals surface area contributed by atoms with E-state index in [4.69, 9.17) is 21.1 Å². The van der Waals surface area contributed by atoms with Gasteiger partial charge in [-0.15, -0.1) is 0 Å². The van der Waals surface area contributed by atoms with Gasteiger partial charge in [0.15, 0.2) is 0 Å². The maximum atomic E-state index is 11.9. The van der Waals surface area contributed by atoms with Crippen LogP contribution in [0.1, 0.15) is 38.5 Å². The molecule has 4 rings (SSSR count). The van der Waals surface area contributed by atoms with E-state index in [0.717, 1.165) is 56.7 Å². The fourth-order valence-electron chi connectivity index (χ4n) is 4.13. The fraction of sp³-hybridized carbons (Fsp3) is 0.571. The second-order valence-electron chi connectivity index (χ2n) is 7.73. The van der Waals surface area contributed by atoms with Crippen LogP contribution in [-0.2, 0) is 4.74 Å². The summed E-state index contributed by atoms with van der Waals surface area (Å²) in [6, 6.07) is 6.03. The first kappa shape index (κ1) is 18.8. The van der Waals surface area contributed by atoms with Crippen LogP contribution < -0.4 is 15.6 Å². The third-order valence-corrected chi connectivity index (χ3v) is 6.13. The number of halogens is 1. The molecule has 0 amide bonds. The van der Waals surface area contributed by atoms with Gasteiger partial charge < -0.3 is 19.8 Å². The van der Waals surface area contributed by atoms with Crippen LogP contribution >= 0.6 is 11.6 Å². The predicted molar refractivity (Wildman–Crippen MR) is 108 cm³/mol. The number of H-pyrrole nitrogens is 1. The molecule has 5 nitrogen and oxygen atoms in total. The molecule has 2 aliphatic rings. The molecule has 1 saturated carbocycles. The highest BCUT2D eigenvalue weighted by Crippen LogP contribution is 2.32. The Kier molecular flexibility index (Phi) is 6.01. The number of nitrogens with one attached hydrogen (secondary N) is 2. The van der Waals surface area contributed by atoms with Crippen molar-refractivity contribution < 1.29 is 9.47 Å². The molecule has 1 aromatic heterocycles. The van der Waals surface area contributed by atoms with Gasteiger partial charge in [0.2, 0.25) is 0 Å². The van der Waals surface area contributed by atoms with Crippen molar-refractivity contribution >= 4 is 22.4 Å². The van der Waals surface area contributed by atoms with E-state index in [2.05, 4.69) is 10.3 Å². The minimum atomic E-state index is -0.128. The topological polar surface area (TPSA) is 63.4 Å². The summed E-state index contributed by atoms with van der Waals surface area (Å²) in [5.41, 5.74) is -0.128. The quantitative estimate of drug-likeness (QED) is 0.813. The lowest BCUT2D eigenvalue weighted by atomic mass is 9.92. The lowest BCUT2D eigenvalue weighted by Crippen LogP contribution is -2.39. The second kappa shape index (κ2) is 8.63. The molecule has 2 heterocycles. The summed E-state index contributed by atoms with van der Waals surface area (Å²) in [4.78, 5) is 14.5. The van der Waals surface area contributed by atoms with Crippen LogP contribution in [-0.4, -0.2) is 36.9 Å². The van der Waals surface area contributed by atoms with E-state index >= 15 is 0 Å². The third-order valence-electron chi connectivity index (χ3n) is 5.83. The molecule has 0 unspecified atom stereocenters. The van der Waals surface area contributed by atoms with E-state index in [-0.39, 0.29) is 11.7 Å². The van der Waals surface area contributed by atoms with Crippen LogP contribution in [0.25, 0.3) is 10.8 Å². The average Bonchev–Trinajstić information content (AvgIpc) is 2.70. The van der Waals surface area contributed by atoms with Crippen LogP contribution in [0.5, 0.6) is 5.75 Å². The van der Waals surface area contributed by atoms with Crippen molar-refractivity contribution in [1.82, 2.24) is 10.3 Å². The molecular weight excluding hydrogens is 364 g/mol. The van der Waals surface area contributed by atoms with Crippen LogP contribution in [0.2, 0.25) is 5.02 Å². The third kappa shape index (κ3) is 4.65. The van der Waals surface area contributed by atoms with Gasteiger partial charge in [-0.1, -0.05) is 11.6 Å². The zero-order chi connectivity index (χ0) is 18.6. The van der Waals surface area contributed by atoms with Crippen LogP contribution in [0.3, 0.4) is 0 Å². The van der Waals surface area contributed by atoms with Crippen LogP contribution in [0, 0.1) is 5.92 Å². The molecule has 2 aromatic rings. The van der Waals surface area contributed by atoms with Crippen molar-refractivity contribution in [3.63, 3.8) is 0 Å². The number of hydrogen-bond donors (Lipinski definition) is 2. The van der Waals surface area contributed by atoms with Gasteiger partial charge in [0.1, 0.15) is 5.75 Å². The summed E-state index contributed by atoms with van der Waals surface area (Å²) in [6.07, 6.45) is 8.48. The summed E-state index contributed by atoms with van der Waals surface area (Å²) < 4.78 is 11.6. The predicted octanol–water partition coefficient (Wildman–Crippen LogP) is 3.89. The molecule has 1 aliphatic carbocycles. The molecule has 6 heteroatoms. The summed E-state index contributed by atoms with van der Waals surface area (Å²) in [7, 11) is 0. The Balaban J connectivity index is 1.30. The first-order valence-electron chi connectivity index (χ1n) is 9.98. The van der Waals surface area contributed by atoms with Gasteiger partial charge in [-0.3, -0.25) is 4.79 Å². The average molecular weight is 391 g/mol. The largest absolute Gasteiger partial charge is 0.489 e. The van der Waals surface area contributed by atoms with Crippen LogP contribution in [0.15, 0.2) is 29.2 Å². The van der Waals surface area contributed by atoms with Crippen molar-refractivity contribution in [2.45, 2.75) is 50.7 Å². The lowest BCUT2D eigenvalue weighted by molar-refractivity contribution is 0.0639. The summed E-state index contributed by atoms with van der Waals surface area (Å²) in [6.45, 7) is 2.92. The van der Waals surface area contributed by atoms with Gasteiger partial charge in [0.25, 0.3) is 5.56 Å². The molecule has 1 aromatic carbocycles. The molecule has 0 atom stereocenters. The Morgan fingerprint density at radius 1 is 1.15 bits per heavy atom. The number of ether oxygens (including phenoxy) is 2. The van der Waals surface area contributed by atoms with Gasteiger partial charge in [-0.05, 0) is 74.6 Å². The van der Waals surface area contributed by atoms with Crippen molar-refractivity contribution in [3.8, 4) is 5.75 Å². The van der Waals surface area contributed by atoms with E-state index in [0.29, 0.717) is 22.2 Å². The maximum absolute atomic E-state index is 11.9. The summed E-state index contributed by atoms with van der Waals surface area (Å²) in [5, 5.41) is 5.69. The number of pyridine rings is 1. The SMILES string of the molecule is O=c1[nH]ccc2cc(OC3CCC(NCC4CCOCC4)CC3)c(Cl)cc12. The highest BCUT2D eigenvalue weighted by Gasteiger charge is 2.24. The Hall–Kier alpha value is -1.56. The molecule has 2 fully saturated rings. The lowest BCUT2D eigenvalue weighted by Gasteiger charge is -2.31. The van der Waals surface area contributed by atoms with Crippen molar-refractivity contribution in [3.05, 3.63) is 39.8 Å². The van der Waals surface area contributed by atoms with Crippen molar-refractivity contribution in [2.24, 2.45) is 5.92 Å². The standard InChI is InChI=1S/C21H27ClN2O3/c22-19-12-18-15(5-8-23-21(18)25)11-20(19)27-17-3-1-16(2-4-17)24-13-14-6-9-26-10-7-14/h5,8,11-12,14,16-17,24H,1-4,6-7,9-10,13H2,(H,23,25). The second-order valence-corrected chi connectivity index (χ2v) is 8.14. The number of hydrogen-bond acceptors (Lipinski definition) is 4.